The minimum atomic E-state index is -4.63. The molecule has 8 heteroatoms. The van der Waals surface area contributed by atoms with Gasteiger partial charge in [-0.25, -0.2) is 4.68 Å². The predicted octanol–water partition coefficient (Wildman–Crippen LogP) is 3.36. The van der Waals surface area contributed by atoms with Crippen LogP contribution in [0.3, 0.4) is 0 Å². The molecule has 144 valence electrons. The molecular formula is C20H16F3N3O2. The summed E-state index contributed by atoms with van der Waals surface area (Å²) in [6.07, 6.45) is -4.63. The fourth-order valence-electron chi connectivity index (χ4n) is 2.67. The van der Waals surface area contributed by atoms with Crippen LogP contribution < -0.4 is 10.9 Å². The van der Waals surface area contributed by atoms with E-state index < -0.39 is 23.2 Å². The molecule has 0 bridgehead atoms. The Bertz CT molecular complexity index is 1030. The van der Waals surface area contributed by atoms with Crippen molar-refractivity contribution in [1.29, 1.82) is 0 Å². The summed E-state index contributed by atoms with van der Waals surface area (Å²) in [6.45, 7) is -0.0182. The number of hydrogen-bond acceptors (Lipinski definition) is 3. The lowest BCUT2D eigenvalue weighted by Crippen LogP contribution is -2.32. The number of carbonyl (C=O) groups excluding carboxylic acids is 1. The summed E-state index contributed by atoms with van der Waals surface area (Å²) in [5.41, 5.74) is -0.444. The second-order valence-electron chi connectivity index (χ2n) is 5.95. The highest BCUT2D eigenvalue weighted by Gasteiger charge is 2.34. The second kappa shape index (κ2) is 8.08. The number of nitrogens with one attached hydrogen (secondary N) is 1. The van der Waals surface area contributed by atoms with Crippen molar-refractivity contribution < 1.29 is 18.0 Å². The normalized spacial score (nSPS) is 11.2. The predicted molar refractivity (Wildman–Crippen MR) is 97.7 cm³/mol. The first-order chi connectivity index (χ1) is 13.4. The Morgan fingerprint density at radius 3 is 2.36 bits per heavy atom. The Kier molecular flexibility index (Phi) is 5.58. The van der Waals surface area contributed by atoms with Gasteiger partial charge < -0.3 is 5.32 Å². The SMILES string of the molecule is O=C(NCCn1nc(-c2ccccc2)ccc1=O)c1ccccc1C(F)(F)F. The van der Waals surface area contributed by atoms with Crippen molar-refractivity contribution in [3.8, 4) is 11.3 Å². The number of aromatic nitrogens is 2. The van der Waals surface area contributed by atoms with Gasteiger partial charge in [-0.1, -0.05) is 42.5 Å². The molecule has 2 aromatic carbocycles. The number of halogens is 3. The summed E-state index contributed by atoms with van der Waals surface area (Å²) in [5, 5.41) is 6.65. The molecule has 1 heterocycles. The van der Waals surface area contributed by atoms with Gasteiger partial charge in [-0.05, 0) is 18.2 Å². The zero-order chi connectivity index (χ0) is 20.1. The number of rotatable bonds is 5. The summed E-state index contributed by atoms with van der Waals surface area (Å²) in [6, 6.07) is 16.7. The van der Waals surface area contributed by atoms with E-state index in [0.717, 1.165) is 22.4 Å². The number of benzene rings is 2. The van der Waals surface area contributed by atoms with Gasteiger partial charge in [0.2, 0.25) is 0 Å². The Morgan fingerprint density at radius 2 is 1.64 bits per heavy atom. The van der Waals surface area contributed by atoms with Crippen molar-refractivity contribution in [2.75, 3.05) is 6.54 Å². The summed E-state index contributed by atoms with van der Waals surface area (Å²) in [5.74, 6) is -0.861. The maximum absolute atomic E-state index is 13.0. The molecule has 3 aromatic rings. The van der Waals surface area contributed by atoms with Gasteiger partial charge in [0, 0.05) is 18.2 Å². The van der Waals surface area contributed by atoms with E-state index in [0.29, 0.717) is 5.69 Å². The van der Waals surface area contributed by atoms with E-state index in [-0.39, 0.29) is 18.6 Å². The number of alkyl halides is 3. The zero-order valence-electron chi connectivity index (χ0n) is 14.6. The highest BCUT2D eigenvalue weighted by molar-refractivity contribution is 5.95. The van der Waals surface area contributed by atoms with Crippen molar-refractivity contribution in [1.82, 2.24) is 15.1 Å². The van der Waals surface area contributed by atoms with Crippen molar-refractivity contribution in [3.63, 3.8) is 0 Å². The molecule has 0 spiro atoms. The third kappa shape index (κ3) is 4.46. The van der Waals surface area contributed by atoms with Crippen LogP contribution in [-0.2, 0) is 12.7 Å². The van der Waals surface area contributed by atoms with Crippen molar-refractivity contribution >= 4 is 5.91 Å². The summed E-state index contributed by atoms with van der Waals surface area (Å²) < 4.78 is 40.2. The van der Waals surface area contributed by atoms with Crippen molar-refractivity contribution in [3.05, 3.63) is 88.2 Å². The average molecular weight is 387 g/mol. The van der Waals surface area contributed by atoms with Crippen molar-refractivity contribution in [2.45, 2.75) is 12.7 Å². The second-order valence-corrected chi connectivity index (χ2v) is 5.95. The van der Waals surface area contributed by atoms with Gasteiger partial charge in [0.25, 0.3) is 11.5 Å². The Hall–Kier alpha value is -3.42. The first-order valence-electron chi connectivity index (χ1n) is 8.44. The molecule has 0 aliphatic carbocycles. The van der Waals surface area contributed by atoms with Crippen LogP contribution in [0.1, 0.15) is 15.9 Å². The van der Waals surface area contributed by atoms with Crippen LogP contribution in [0, 0.1) is 0 Å². The molecule has 1 amide bonds. The van der Waals surface area contributed by atoms with E-state index >= 15 is 0 Å². The van der Waals surface area contributed by atoms with E-state index in [9.17, 15) is 22.8 Å². The molecule has 0 radical (unpaired) electrons. The van der Waals surface area contributed by atoms with Crippen LogP contribution in [-0.4, -0.2) is 22.2 Å². The van der Waals surface area contributed by atoms with Crippen LogP contribution in [0.25, 0.3) is 11.3 Å². The molecule has 0 saturated carbocycles. The average Bonchev–Trinajstić information content (AvgIpc) is 2.69. The first-order valence-corrected chi connectivity index (χ1v) is 8.44. The molecule has 0 fully saturated rings. The van der Waals surface area contributed by atoms with E-state index in [2.05, 4.69) is 10.4 Å². The van der Waals surface area contributed by atoms with E-state index in [1.54, 1.807) is 6.07 Å². The minimum absolute atomic E-state index is 0.0272. The van der Waals surface area contributed by atoms with Gasteiger partial charge in [-0.3, -0.25) is 9.59 Å². The molecule has 0 unspecified atom stereocenters. The highest BCUT2D eigenvalue weighted by Crippen LogP contribution is 2.31. The fourth-order valence-corrected chi connectivity index (χ4v) is 2.67. The van der Waals surface area contributed by atoms with E-state index in [4.69, 9.17) is 0 Å². The molecule has 0 atom stereocenters. The number of nitrogens with zero attached hydrogens (tertiary/aromatic N) is 2. The van der Waals surface area contributed by atoms with Crippen molar-refractivity contribution in [2.24, 2.45) is 0 Å². The quantitative estimate of drug-likeness (QED) is 0.730. The minimum Gasteiger partial charge on any atom is -0.350 e. The van der Waals surface area contributed by atoms with Gasteiger partial charge >= 0.3 is 6.18 Å². The summed E-state index contributed by atoms with van der Waals surface area (Å²) >= 11 is 0. The standard InChI is InChI=1S/C20H16F3N3O2/c21-20(22,23)16-9-5-4-8-15(16)19(28)24-12-13-26-18(27)11-10-17(25-26)14-6-2-1-3-7-14/h1-11H,12-13H2,(H,24,28). The topological polar surface area (TPSA) is 64.0 Å². The summed E-state index contributed by atoms with van der Waals surface area (Å²) in [7, 11) is 0. The lowest BCUT2D eigenvalue weighted by Gasteiger charge is -2.13. The van der Waals surface area contributed by atoms with Crippen LogP contribution in [0.2, 0.25) is 0 Å². The molecule has 0 aliphatic heterocycles. The van der Waals surface area contributed by atoms with E-state index in [1.807, 2.05) is 30.3 Å². The first kappa shape index (κ1) is 19.3. The Balaban J connectivity index is 1.71. The summed E-state index contributed by atoms with van der Waals surface area (Å²) in [4.78, 5) is 24.1. The largest absolute Gasteiger partial charge is 0.417 e. The third-order valence-corrected chi connectivity index (χ3v) is 4.02. The smallest absolute Gasteiger partial charge is 0.350 e. The van der Waals surface area contributed by atoms with Crippen LogP contribution in [0.15, 0.2) is 71.5 Å². The molecule has 0 saturated heterocycles. The third-order valence-electron chi connectivity index (χ3n) is 4.02. The molecule has 1 aromatic heterocycles. The van der Waals surface area contributed by atoms with Gasteiger partial charge in [0.15, 0.2) is 0 Å². The van der Waals surface area contributed by atoms with E-state index in [1.165, 1.54) is 18.2 Å². The molecule has 3 rings (SSSR count). The van der Waals surface area contributed by atoms with Crippen LogP contribution in [0.5, 0.6) is 0 Å². The van der Waals surface area contributed by atoms with Gasteiger partial charge in [0.1, 0.15) is 0 Å². The molecule has 5 nitrogen and oxygen atoms in total. The molecule has 1 N–H and O–H groups in total. The number of carbonyl (C=O) groups is 1. The Morgan fingerprint density at radius 1 is 0.964 bits per heavy atom. The van der Waals surface area contributed by atoms with Gasteiger partial charge in [-0.15, -0.1) is 0 Å². The van der Waals surface area contributed by atoms with Gasteiger partial charge in [0.05, 0.1) is 23.4 Å². The number of amides is 1. The Labute approximate surface area is 158 Å². The zero-order valence-corrected chi connectivity index (χ0v) is 14.6. The lowest BCUT2D eigenvalue weighted by molar-refractivity contribution is -0.137. The maximum Gasteiger partial charge on any atom is 0.417 e. The molecule has 0 aliphatic rings. The lowest BCUT2D eigenvalue weighted by atomic mass is 10.1. The maximum atomic E-state index is 13.0. The number of hydrogen-bond donors (Lipinski definition) is 1. The van der Waals surface area contributed by atoms with Gasteiger partial charge in [-0.2, -0.15) is 18.3 Å². The molecule has 28 heavy (non-hydrogen) atoms. The monoisotopic (exact) mass is 387 g/mol. The highest BCUT2D eigenvalue weighted by atomic mass is 19.4. The van der Waals surface area contributed by atoms with Crippen LogP contribution in [0.4, 0.5) is 13.2 Å². The molecular weight excluding hydrogens is 371 g/mol. The fraction of sp³-hybridized carbons (Fsp3) is 0.150. The van der Waals surface area contributed by atoms with Crippen LogP contribution >= 0.6 is 0 Å².